The minimum Gasteiger partial charge on any atom is -0.489 e. The highest BCUT2D eigenvalue weighted by molar-refractivity contribution is 7.80. The van der Waals surface area contributed by atoms with Crippen molar-refractivity contribution in [1.29, 1.82) is 0 Å². The third-order valence-corrected chi connectivity index (χ3v) is 4.67. The number of thiocarbonyl (C=S) groups is 1. The van der Waals surface area contributed by atoms with E-state index in [-0.39, 0.29) is 5.91 Å². The maximum atomic E-state index is 13.1. The Morgan fingerprint density at radius 1 is 1.29 bits per heavy atom. The average molecular weight is 414 g/mol. The van der Waals surface area contributed by atoms with Crippen LogP contribution in [0.3, 0.4) is 0 Å². The van der Waals surface area contributed by atoms with Crippen LogP contribution in [0.4, 0.5) is 5.69 Å². The van der Waals surface area contributed by atoms with E-state index < -0.39 is 6.04 Å². The van der Waals surface area contributed by atoms with E-state index in [9.17, 15) is 4.79 Å². The van der Waals surface area contributed by atoms with Crippen molar-refractivity contribution in [3.05, 3.63) is 83.0 Å². The number of nitrogens with one attached hydrogen (secondary N) is 3. The first-order valence-electron chi connectivity index (χ1n) is 8.67. The van der Waals surface area contributed by atoms with Gasteiger partial charge in [-0.2, -0.15) is 0 Å². The van der Waals surface area contributed by atoms with Gasteiger partial charge < -0.3 is 20.7 Å². The van der Waals surface area contributed by atoms with E-state index in [1.54, 1.807) is 30.3 Å². The highest BCUT2D eigenvalue weighted by atomic mass is 35.5. The maximum Gasteiger partial charge on any atom is 0.255 e. The number of para-hydroxylation sites is 1. The smallest absolute Gasteiger partial charge is 0.255 e. The minimum atomic E-state index is -0.456. The molecule has 7 heteroatoms. The summed E-state index contributed by atoms with van der Waals surface area (Å²) in [6, 6.07) is 14.0. The summed E-state index contributed by atoms with van der Waals surface area (Å²) in [7, 11) is 0. The van der Waals surface area contributed by atoms with Crippen LogP contribution in [0.2, 0.25) is 5.02 Å². The molecule has 5 nitrogen and oxygen atoms in total. The third-order valence-electron chi connectivity index (χ3n) is 4.20. The summed E-state index contributed by atoms with van der Waals surface area (Å²) in [4.78, 5) is 13.1. The van der Waals surface area contributed by atoms with Crippen molar-refractivity contribution in [2.24, 2.45) is 0 Å². The molecular formula is C21H20ClN3O2S. The number of ether oxygens (including phenoxy) is 1. The SMILES string of the molecule is C=CCOc1ccccc1[C@H]1NC(=S)NC(C)=C1C(=O)Nc1ccc(Cl)cc1. The second-order valence-electron chi connectivity index (χ2n) is 6.17. The van der Waals surface area contributed by atoms with E-state index in [1.807, 2.05) is 31.2 Å². The zero-order chi connectivity index (χ0) is 20.1. The van der Waals surface area contributed by atoms with Crippen molar-refractivity contribution < 1.29 is 9.53 Å². The van der Waals surface area contributed by atoms with E-state index in [1.165, 1.54) is 0 Å². The van der Waals surface area contributed by atoms with Gasteiger partial charge in [0.2, 0.25) is 0 Å². The Hall–Kier alpha value is -2.83. The minimum absolute atomic E-state index is 0.245. The lowest BCUT2D eigenvalue weighted by atomic mass is 9.94. The van der Waals surface area contributed by atoms with Gasteiger partial charge in [-0.1, -0.05) is 42.5 Å². The monoisotopic (exact) mass is 413 g/mol. The Labute approximate surface area is 174 Å². The molecule has 1 atom stereocenters. The van der Waals surface area contributed by atoms with E-state index in [4.69, 9.17) is 28.6 Å². The number of benzene rings is 2. The molecule has 0 fully saturated rings. The molecule has 144 valence electrons. The van der Waals surface area contributed by atoms with Gasteiger partial charge in [0, 0.05) is 22.0 Å². The highest BCUT2D eigenvalue weighted by Gasteiger charge is 2.31. The zero-order valence-electron chi connectivity index (χ0n) is 15.3. The highest BCUT2D eigenvalue weighted by Crippen LogP contribution is 2.33. The molecule has 1 aliphatic heterocycles. The summed E-state index contributed by atoms with van der Waals surface area (Å²) in [6.07, 6.45) is 1.67. The van der Waals surface area contributed by atoms with Gasteiger partial charge in [0.15, 0.2) is 5.11 Å². The van der Waals surface area contributed by atoms with Gasteiger partial charge in [0.1, 0.15) is 12.4 Å². The standard InChI is InChI=1S/C21H20ClN3O2S/c1-3-12-27-17-7-5-4-6-16(17)19-18(13(2)23-21(28)25-19)20(26)24-15-10-8-14(22)9-11-15/h3-11,19H,1,12H2,2H3,(H,24,26)(H2,23,25,28)/t19-/m1/s1. The molecule has 3 N–H and O–H groups in total. The van der Waals surface area contributed by atoms with Crippen LogP contribution >= 0.6 is 23.8 Å². The number of rotatable bonds is 6. The quantitative estimate of drug-likeness (QED) is 0.486. The normalized spacial score (nSPS) is 16.1. The summed E-state index contributed by atoms with van der Waals surface area (Å²) in [5, 5.41) is 10.2. The molecule has 0 saturated carbocycles. The lowest BCUT2D eigenvalue weighted by Gasteiger charge is -2.31. The van der Waals surface area contributed by atoms with Crippen molar-refractivity contribution in [2.75, 3.05) is 11.9 Å². The van der Waals surface area contributed by atoms with Crippen LogP contribution in [0.1, 0.15) is 18.5 Å². The van der Waals surface area contributed by atoms with Crippen LogP contribution in [0.15, 0.2) is 72.5 Å². The molecular weight excluding hydrogens is 394 g/mol. The number of amides is 1. The number of anilines is 1. The fourth-order valence-electron chi connectivity index (χ4n) is 2.96. The second kappa shape index (κ2) is 8.91. The molecule has 1 heterocycles. The first-order valence-corrected chi connectivity index (χ1v) is 9.46. The summed E-state index contributed by atoms with van der Waals surface area (Å²) in [5.74, 6) is 0.417. The number of carbonyl (C=O) groups excluding carboxylic acids is 1. The number of carbonyl (C=O) groups is 1. The van der Waals surface area contributed by atoms with Crippen molar-refractivity contribution >= 4 is 40.5 Å². The first-order chi connectivity index (χ1) is 13.5. The zero-order valence-corrected chi connectivity index (χ0v) is 16.9. The van der Waals surface area contributed by atoms with Gasteiger partial charge in [-0.25, -0.2) is 0 Å². The average Bonchev–Trinajstić information content (AvgIpc) is 2.67. The molecule has 2 aromatic carbocycles. The lowest BCUT2D eigenvalue weighted by molar-refractivity contribution is -0.113. The molecule has 0 radical (unpaired) electrons. The molecule has 0 bridgehead atoms. The second-order valence-corrected chi connectivity index (χ2v) is 7.01. The van der Waals surface area contributed by atoms with E-state index in [0.717, 1.165) is 5.56 Å². The summed E-state index contributed by atoms with van der Waals surface area (Å²) in [6.45, 7) is 5.87. The number of allylic oxidation sites excluding steroid dienone is 1. The van der Waals surface area contributed by atoms with Crippen molar-refractivity contribution in [3.8, 4) is 5.75 Å². The summed E-state index contributed by atoms with van der Waals surface area (Å²) < 4.78 is 5.78. The predicted molar refractivity (Wildman–Crippen MR) is 117 cm³/mol. The molecule has 28 heavy (non-hydrogen) atoms. The molecule has 0 saturated heterocycles. The Kier molecular flexibility index (Phi) is 6.34. The van der Waals surface area contributed by atoms with Gasteiger partial charge in [0.25, 0.3) is 5.91 Å². The van der Waals surface area contributed by atoms with Gasteiger partial charge in [-0.05, 0) is 49.5 Å². The van der Waals surface area contributed by atoms with Crippen molar-refractivity contribution in [3.63, 3.8) is 0 Å². The van der Waals surface area contributed by atoms with Crippen LogP contribution in [0, 0.1) is 0 Å². The molecule has 0 aromatic heterocycles. The van der Waals surface area contributed by atoms with Crippen LogP contribution in [0.25, 0.3) is 0 Å². The molecule has 1 amide bonds. The summed E-state index contributed by atoms with van der Waals surface area (Å²) in [5.41, 5.74) is 2.67. The Bertz CT molecular complexity index is 941. The molecule has 0 aliphatic carbocycles. The van der Waals surface area contributed by atoms with Crippen molar-refractivity contribution in [2.45, 2.75) is 13.0 Å². The van der Waals surface area contributed by atoms with Crippen LogP contribution in [0.5, 0.6) is 5.75 Å². The lowest BCUT2D eigenvalue weighted by Crippen LogP contribution is -2.45. The van der Waals surface area contributed by atoms with Gasteiger partial charge in [0.05, 0.1) is 11.6 Å². The molecule has 0 spiro atoms. The van der Waals surface area contributed by atoms with Gasteiger partial charge >= 0.3 is 0 Å². The van der Waals surface area contributed by atoms with E-state index >= 15 is 0 Å². The van der Waals surface area contributed by atoms with Crippen LogP contribution < -0.4 is 20.7 Å². The van der Waals surface area contributed by atoms with Crippen LogP contribution in [-0.2, 0) is 4.79 Å². The largest absolute Gasteiger partial charge is 0.489 e. The van der Waals surface area contributed by atoms with E-state index in [2.05, 4.69) is 22.5 Å². The van der Waals surface area contributed by atoms with Crippen LogP contribution in [-0.4, -0.2) is 17.6 Å². The molecule has 1 aliphatic rings. The Balaban J connectivity index is 1.96. The number of hydrogen-bond acceptors (Lipinski definition) is 3. The van der Waals surface area contributed by atoms with Crippen molar-refractivity contribution in [1.82, 2.24) is 10.6 Å². The number of hydrogen-bond donors (Lipinski definition) is 3. The Morgan fingerprint density at radius 3 is 2.71 bits per heavy atom. The van der Waals surface area contributed by atoms with Gasteiger partial charge in [-0.15, -0.1) is 0 Å². The molecule has 3 rings (SSSR count). The fraction of sp³-hybridized carbons (Fsp3) is 0.143. The maximum absolute atomic E-state index is 13.1. The van der Waals surface area contributed by atoms with E-state index in [0.29, 0.717) is 39.4 Å². The third kappa shape index (κ3) is 4.52. The van der Waals surface area contributed by atoms with Gasteiger partial charge in [-0.3, -0.25) is 4.79 Å². The Morgan fingerprint density at radius 2 is 2.00 bits per heavy atom. The molecule has 2 aromatic rings. The topological polar surface area (TPSA) is 62.4 Å². The summed E-state index contributed by atoms with van der Waals surface area (Å²) >= 11 is 11.2. The first kappa shape index (κ1) is 19.9. The number of halogens is 1. The fourth-order valence-corrected chi connectivity index (χ4v) is 3.36. The molecule has 0 unspecified atom stereocenters. The predicted octanol–water partition coefficient (Wildman–Crippen LogP) is 4.34.